The van der Waals surface area contributed by atoms with E-state index in [0.717, 1.165) is 19.4 Å². The number of rotatable bonds is 3. The molecule has 4 heteroatoms. The zero-order chi connectivity index (χ0) is 11.5. The van der Waals surface area contributed by atoms with E-state index in [1.54, 1.807) is 13.0 Å². The third kappa shape index (κ3) is 2.10. The lowest BCUT2D eigenvalue weighted by Gasteiger charge is -2.26. The lowest BCUT2D eigenvalue weighted by Crippen LogP contribution is -2.38. The first kappa shape index (κ1) is 11.2. The Balaban J connectivity index is 2.11. The minimum absolute atomic E-state index is 0.00579. The molecule has 0 spiro atoms. The average Bonchev–Trinajstić information content (AvgIpc) is 2.90. The van der Waals surface area contributed by atoms with Gasteiger partial charge in [0.2, 0.25) is 0 Å². The maximum atomic E-state index is 12.2. The Hall–Kier alpha value is -1.32. The van der Waals surface area contributed by atoms with Gasteiger partial charge in [0.25, 0.3) is 5.91 Å². The van der Waals surface area contributed by atoms with E-state index < -0.39 is 0 Å². The summed E-state index contributed by atoms with van der Waals surface area (Å²) in [6.45, 7) is 4.56. The summed E-state index contributed by atoms with van der Waals surface area (Å²) < 4.78 is 4.95. The number of aryl methyl sites for hydroxylation is 1. The average molecular weight is 222 g/mol. The van der Waals surface area contributed by atoms with Gasteiger partial charge in [0.15, 0.2) is 5.69 Å². The fraction of sp³-hybridized carbons (Fsp3) is 0.667. The van der Waals surface area contributed by atoms with Gasteiger partial charge in [-0.2, -0.15) is 0 Å². The molecule has 0 atom stereocenters. The molecular formula is C12H18N2O2. The summed E-state index contributed by atoms with van der Waals surface area (Å²) in [4.78, 5) is 14.1. The lowest BCUT2D eigenvalue weighted by molar-refractivity contribution is 0.0683. The monoisotopic (exact) mass is 222 g/mol. The Kier molecular flexibility index (Phi) is 3.27. The molecule has 0 N–H and O–H groups in total. The fourth-order valence-electron chi connectivity index (χ4n) is 2.40. The molecule has 0 bridgehead atoms. The topological polar surface area (TPSA) is 46.3 Å². The normalized spacial score (nSPS) is 16.6. The Morgan fingerprint density at radius 1 is 1.56 bits per heavy atom. The number of carbonyl (C=O) groups is 1. The smallest absolute Gasteiger partial charge is 0.276 e. The molecule has 0 aromatic carbocycles. The molecular weight excluding hydrogens is 204 g/mol. The summed E-state index contributed by atoms with van der Waals surface area (Å²) in [6.07, 6.45) is 4.70. The number of nitrogens with zero attached hydrogens (tertiary/aromatic N) is 2. The van der Waals surface area contributed by atoms with Crippen molar-refractivity contribution in [1.29, 1.82) is 0 Å². The van der Waals surface area contributed by atoms with Crippen molar-refractivity contribution in [3.05, 3.63) is 17.5 Å². The maximum absolute atomic E-state index is 12.2. The van der Waals surface area contributed by atoms with Crippen molar-refractivity contribution in [3.8, 4) is 0 Å². The van der Waals surface area contributed by atoms with Crippen molar-refractivity contribution in [2.75, 3.05) is 6.54 Å². The van der Waals surface area contributed by atoms with Crippen LogP contribution in [0.4, 0.5) is 0 Å². The molecule has 1 heterocycles. The highest BCUT2D eigenvalue weighted by Gasteiger charge is 2.27. The number of hydrogen-bond donors (Lipinski definition) is 0. The third-order valence-electron chi connectivity index (χ3n) is 3.21. The maximum Gasteiger partial charge on any atom is 0.276 e. The van der Waals surface area contributed by atoms with E-state index in [9.17, 15) is 4.79 Å². The van der Waals surface area contributed by atoms with E-state index in [-0.39, 0.29) is 5.91 Å². The number of aromatic nitrogens is 1. The minimum atomic E-state index is 0.00579. The molecule has 1 aromatic rings. The Morgan fingerprint density at radius 2 is 2.25 bits per heavy atom. The Labute approximate surface area is 95.6 Å². The van der Waals surface area contributed by atoms with Gasteiger partial charge in [0.1, 0.15) is 5.76 Å². The number of carbonyl (C=O) groups excluding carboxylic acids is 1. The summed E-state index contributed by atoms with van der Waals surface area (Å²) >= 11 is 0. The van der Waals surface area contributed by atoms with Crippen molar-refractivity contribution in [2.45, 2.75) is 45.6 Å². The first-order chi connectivity index (χ1) is 7.72. The summed E-state index contributed by atoms with van der Waals surface area (Å²) in [6, 6.07) is 2.11. The second-order valence-corrected chi connectivity index (χ2v) is 4.35. The van der Waals surface area contributed by atoms with Gasteiger partial charge in [-0.3, -0.25) is 4.79 Å². The molecule has 1 aromatic heterocycles. The molecule has 0 saturated heterocycles. The van der Waals surface area contributed by atoms with E-state index in [1.807, 2.05) is 11.8 Å². The number of hydrogen-bond acceptors (Lipinski definition) is 3. The van der Waals surface area contributed by atoms with E-state index >= 15 is 0 Å². The first-order valence-electron chi connectivity index (χ1n) is 5.96. The van der Waals surface area contributed by atoms with Crippen LogP contribution in [0.15, 0.2) is 10.6 Å². The van der Waals surface area contributed by atoms with Gasteiger partial charge in [0.05, 0.1) is 0 Å². The highest BCUT2D eigenvalue weighted by atomic mass is 16.5. The van der Waals surface area contributed by atoms with E-state index in [0.29, 0.717) is 17.5 Å². The molecule has 1 aliphatic carbocycles. The van der Waals surface area contributed by atoms with Crippen LogP contribution in [0, 0.1) is 6.92 Å². The van der Waals surface area contributed by atoms with Gasteiger partial charge in [-0.05, 0) is 26.7 Å². The van der Waals surface area contributed by atoms with E-state index in [1.165, 1.54) is 12.8 Å². The summed E-state index contributed by atoms with van der Waals surface area (Å²) in [5.41, 5.74) is 0.436. The van der Waals surface area contributed by atoms with E-state index in [2.05, 4.69) is 5.16 Å². The van der Waals surface area contributed by atoms with E-state index in [4.69, 9.17) is 4.52 Å². The molecule has 1 fully saturated rings. The summed E-state index contributed by atoms with van der Waals surface area (Å²) in [7, 11) is 0. The predicted molar refractivity (Wildman–Crippen MR) is 60.2 cm³/mol. The van der Waals surface area contributed by atoms with Crippen molar-refractivity contribution in [3.63, 3.8) is 0 Å². The van der Waals surface area contributed by atoms with Crippen LogP contribution in [0.25, 0.3) is 0 Å². The van der Waals surface area contributed by atoms with Crippen LogP contribution in [0.1, 0.15) is 48.9 Å². The van der Waals surface area contributed by atoms with Crippen molar-refractivity contribution < 1.29 is 9.32 Å². The van der Waals surface area contributed by atoms with Crippen molar-refractivity contribution >= 4 is 5.91 Å². The molecule has 2 rings (SSSR count). The largest absolute Gasteiger partial charge is 0.361 e. The minimum Gasteiger partial charge on any atom is -0.361 e. The highest BCUT2D eigenvalue weighted by Crippen LogP contribution is 2.24. The van der Waals surface area contributed by atoms with Crippen LogP contribution in [0.2, 0.25) is 0 Å². The van der Waals surface area contributed by atoms with Crippen LogP contribution in [-0.4, -0.2) is 28.6 Å². The molecule has 4 nitrogen and oxygen atoms in total. The predicted octanol–water partition coefficient (Wildman–Crippen LogP) is 2.39. The molecule has 0 radical (unpaired) electrons. The summed E-state index contributed by atoms with van der Waals surface area (Å²) in [5.74, 6) is 0.692. The van der Waals surface area contributed by atoms with Crippen LogP contribution >= 0.6 is 0 Å². The first-order valence-corrected chi connectivity index (χ1v) is 5.96. The summed E-state index contributed by atoms with van der Waals surface area (Å²) in [5, 5.41) is 3.79. The second-order valence-electron chi connectivity index (χ2n) is 4.35. The molecule has 0 aliphatic heterocycles. The molecule has 0 unspecified atom stereocenters. The third-order valence-corrected chi connectivity index (χ3v) is 3.21. The van der Waals surface area contributed by atoms with Gasteiger partial charge >= 0.3 is 0 Å². The van der Waals surface area contributed by atoms with Crippen LogP contribution in [0.3, 0.4) is 0 Å². The zero-order valence-corrected chi connectivity index (χ0v) is 9.90. The van der Waals surface area contributed by atoms with Crippen LogP contribution in [-0.2, 0) is 0 Å². The SMILES string of the molecule is CCN(C(=O)c1cc(C)on1)C1CCCC1. The molecule has 1 amide bonds. The lowest BCUT2D eigenvalue weighted by atomic mass is 10.2. The van der Waals surface area contributed by atoms with Gasteiger partial charge in [-0.1, -0.05) is 18.0 Å². The van der Waals surface area contributed by atoms with Gasteiger partial charge < -0.3 is 9.42 Å². The quantitative estimate of drug-likeness (QED) is 0.788. The Morgan fingerprint density at radius 3 is 2.75 bits per heavy atom. The molecule has 1 aliphatic rings. The molecule has 1 saturated carbocycles. The zero-order valence-electron chi connectivity index (χ0n) is 9.90. The van der Waals surface area contributed by atoms with Crippen LogP contribution in [0.5, 0.6) is 0 Å². The highest BCUT2D eigenvalue weighted by molar-refractivity contribution is 5.92. The molecule has 88 valence electrons. The van der Waals surface area contributed by atoms with Gasteiger partial charge in [-0.25, -0.2) is 0 Å². The number of amides is 1. The van der Waals surface area contributed by atoms with Crippen molar-refractivity contribution in [1.82, 2.24) is 10.1 Å². The standard InChI is InChI=1S/C12H18N2O2/c1-3-14(10-6-4-5-7-10)12(15)11-8-9(2)16-13-11/h8,10H,3-7H2,1-2H3. The van der Waals surface area contributed by atoms with Gasteiger partial charge in [0, 0.05) is 18.7 Å². The second kappa shape index (κ2) is 4.68. The van der Waals surface area contributed by atoms with Crippen molar-refractivity contribution in [2.24, 2.45) is 0 Å². The van der Waals surface area contributed by atoms with Gasteiger partial charge in [-0.15, -0.1) is 0 Å². The Bertz CT molecular complexity index is 367. The van der Waals surface area contributed by atoms with Crippen LogP contribution < -0.4 is 0 Å². The molecule has 16 heavy (non-hydrogen) atoms. The fourth-order valence-corrected chi connectivity index (χ4v) is 2.40.